The smallest absolute Gasteiger partial charge is 0.277 e. The molecule has 1 aliphatic carbocycles. The maximum Gasteiger partial charge on any atom is 0.277 e. The van der Waals surface area contributed by atoms with Crippen LogP contribution in [0.3, 0.4) is 0 Å². The molecule has 2 aliphatic rings. The minimum atomic E-state index is -0.130. The fourth-order valence-electron chi connectivity index (χ4n) is 5.33. The molecule has 0 radical (unpaired) electrons. The highest BCUT2D eigenvalue weighted by molar-refractivity contribution is 6.07. The van der Waals surface area contributed by atoms with Gasteiger partial charge in [-0.2, -0.15) is 10.4 Å². The molecule has 3 aromatic rings. The topological polar surface area (TPSA) is 74.4 Å². The normalized spacial score (nSPS) is 16.5. The lowest BCUT2D eigenvalue weighted by Crippen LogP contribution is -2.39. The number of carbonyl (C=O) groups is 1. The lowest BCUT2D eigenvalue weighted by Gasteiger charge is -2.43. The van der Waals surface area contributed by atoms with Crippen LogP contribution in [0.1, 0.15) is 53.0 Å². The maximum atomic E-state index is 13.7. The molecule has 1 aromatic heterocycles. The summed E-state index contributed by atoms with van der Waals surface area (Å²) >= 11 is 0. The highest BCUT2D eigenvalue weighted by Crippen LogP contribution is 2.47. The Morgan fingerprint density at radius 3 is 2.34 bits per heavy atom. The summed E-state index contributed by atoms with van der Waals surface area (Å²) in [5.41, 5.74) is 4.73. The lowest BCUT2D eigenvalue weighted by molar-refractivity contribution is 0.0973. The van der Waals surface area contributed by atoms with Crippen molar-refractivity contribution in [1.82, 2.24) is 14.7 Å². The van der Waals surface area contributed by atoms with Gasteiger partial charge in [0.25, 0.3) is 5.91 Å². The Balaban J connectivity index is 1.44. The van der Waals surface area contributed by atoms with Crippen LogP contribution in [0.4, 0.5) is 5.69 Å². The predicted molar refractivity (Wildman–Crippen MR) is 135 cm³/mol. The van der Waals surface area contributed by atoms with Crippen LogP contribution >= 0.6 is 0 Å². The van der Waals surface area contributed by atoms with Crippen LogP contribution in [0.25, 0.3) is 5.69 Å². The van der Waals surface area contributed by atoms with Gasteiger partial charge in [0.1, 0.15) is 17.5 Å². The van der Waals surface area contributed by atoms with Crippen molar-refractivity contribution >= 4 is 11.6 Å². The largest absolute Gasteiger partial charge is 0.497 e. The van der Waals surface area contributed by atoms with Crippen LogP contribution in [-0.2, 0) is 11.8 Å². The Morgan fingerprint density at radius 2 is 1.77 bits per heavy atom. The third-order valence-electron chi connectivity index (χ3n) is 7.58. The SMILES string of the molecule is COc1ccc(-n2nc(C#N)c3c2C(=O)N(c2ccc(C4(CCN(C)C)CCC4)cc2)CC3)cc1. The van der Waals surface area contributed by atoms with Crippen LogP contribution in [0.2, 0.25) is 0 Å². The number of carbonyl (C=O) groups excluding carboxylic acids is 1. The maximum absolute atomic E-state index is 13.7. The van der Waals surface area contributed by atoms with Crippen molar-refractivity contribution in [2.75, 3.05) is 39.2 Å². The Hall–Kier alpha value is -3.63. The Kier molecular flexibility index (Phi) is 6.08. The summed E-state index contributed by atoms with van der Waals surface area (Å²) in [6.45, 7) is 1.60. The number of ether oxygens (including phenoxy) is 1. The quantitative estimate of drug-likeness (QED) is 0.515. The number of rotatable bonds is 7. The van der Waals surface area contributed by atoms with Gasteiger partial charge in [0.15, 0.2) is 5.69 Å². The van der Waals surface area contributed by atoms with Gasteiger partial charge in [0.2, 0.25) is 0 Å². The second kappa shape index (κ2) is 9.20. The first-order valence-corrected chi connectivity index (χ1v) is 12.2. The molecular formula is C28H31N5O2. The van der Waals surface area contributed by atoms with Crippen molar-refractivity contribution in [3.05, 3.63) is 71.0 Å². The van der Waals surface area contributed by atoms with Crippen molar-refractivity contribution in [2.45, 2.75) is 37.5 Å². The number of aromatic nitrogens is 2. The first-order chi connectivity index (χ1) is 17.0. The van der Waals surface area contributed by atoms with Gasteiger partial charge in [-0.25, -0.2) is 4.68 Å². The molecule has 5 rings (SSSR count). The Bertz CT molecular complexity index is 1260. The second-order valence-corrected chi connectivity index (χ2v) is 9.84. The van der Waals surface area contributed by atoms with Gasteiger partial charge < -0.3 is 14.5 Å². The van der Waals surface area contributed by atoms with Crippen molar-refractivity contribution in [3.63, 3.8) is 0 Å². The first kappa shape index (κ1) is 23.1. The highest BCUT2D eigenvalue weighted by atomic mass is 16.5. The minimum Gasteiger partial charge on any atom is -0.497 e. The number of hydrogen-bond acceptors (Lipinski definition) is 5. The summed E-state index contributed by atoms with van der Waals surface area (Å²) in [6, 6.07) is 18.1. The van der Waals surface area contributed by atoms with E-state index in [9.17, 15) is 10.1 Å². The summed E-state index contributed by atoms with van der Waals surface area (Å²) in [4.78, 5) is 17.8. The van der Waals surface area contributed by atoms with E-state index < -0.39 is 0 Å². The molecule has 0 N–H and O–H groups in total. The Morgan fingerprint density at radius 1 is 1.09 bits per heavy atom. The van der Waals surface area contributed by atoms with Gasteiger partial charge in [-0.3, -0.25) is 4.79 Å². The number of nitrogens with zero attached hydrogens (tertiary/aromatic N) is 5. The molecule has 35 heavy (non-hydrogen) atoms. The fraction of sp³-hybridized carbons (Fsp3) is 0.393. The number of benzene rings is 2. The number of hydrogen-bond donors (Lipinski definition) is 0. The molecule has 180 valence electrons. The van der Waals surface area contributed by atoms with E-state index >= 15 is 0 Å². The zero-order valence-electron chi connectivity index (χ0n) is 20.6. The zero-order valence-corrected chi connectivity index (χ0v) is 20.6. The minimum absolute atomic E-state index is 0.130. The molecule has 7 nitrogen and oxygen atoms in total. The van der Waals surface area contributed by atoms with Crippen LogP contribution in [-0.4, -0.2) is 54.9 Å². The van der Waals surface area contributed by atoms with Crippen molar-refractivity contribution < 1.29 is 9.53 Å². The molecule has 1 aliphatic heterocycles. The zero-order chi connectivity index (χ0) is 24.6. The summed E-state index contributed by atoms with van der Waals surface area (Å²) < 4.78 is 6.85. The van der Waals surface area contributed by atoms with E-state index in [0.29, 0.717) is 24.4 Å². The molecule has 1 fully saturated rings. The fourth-order valence-corrected chi connectivity index (χ4v) is 5.33. The van der Waals surface area contributed by atoms with Crippen molar-refractivity contribution in [1.29, 1.82) is 5.26 Å². The van der Waals surface area contributed by atoms with E-state index in [2.05, 4.69) is 54.4 Å². The third kappa shape index (κ3) is 4.08. The van der Waals surface area contributed by atoms with E-state index in [1.165, 1.54) is 24.8 Å². The molecular weight excluding hydrogens is 438 g/mol. The van der Waals surface area contributed by atoms with Gasteiger partial charge in [-0.05, 0) is 93.7 Å². The number of amides is 1. The van der Waals surface area contributed by atoms with E-state index in [1.54, 1.807) is 11.8 Å². The van der Waals surface area contributed by atoms with E-state index in [4.69, 9.17) is 4.74 Å². The van der Waals surface area contributed by atoms with Gasteiger partial charge in [-0.1, -0.05) is 18.6 Å². The molecule has 1 amide bonds. The van der Waals surface area contributed by atoms with Gasteiger partial charge in [0.05, 0.1) is 12.8 Å². The van der Waals surface area contributed by atoms with Crippen LogP contribution in [0, 0.1) is 11.3 Å². The molecule has 0 saturated heterocycles. The van der Waals surface area contributed by atoms with E-state index in [0.717, 1.165) is 35.7 Å². The summed E-state index contributed by atoms with van der Waals surface area (Å²) in [6.07, 6.45) is 5.48. The average Bonchev–Trinajstić information content (AvgIpc) is 3.24. The number of nitriles is 1. The average molecular weight is 470 g/mol. The van der Waals surface area contributed by atoms with Crippen molar-refractivity contribution in [3.8, 4) is 17.5 Å². The first-order valence-electron chi connectivity index (χ1n) is 12.2. The van der Waals surface area contributed by atoms with Gasteiger partial charge in [0, 0.05) is 17.8 Å². The molecule has 7 heteroatoms. The van der Waals surface area contributed by atoms with E-state index in [-0.39, 0.29) is 11.3 Å². The molecule has 0 atom stereocenters. The number of anilines is 1. The standard InChI is InChI=1S/C28H31N5O2/c1-31(2)18-16-28(14-4-15-28)20-5-7-21(8-6-20)32-17-13-24-25(19-29)30-33(26(24)27(32)34)22-9-11-23(35-3)12-10-22/h5-12H,4,13-18H2,1-3H3. The highest BCUT2D eigenvalue weighted by Gasteiger charge is 2.38. The Labute approximate surface area is 206 Å². The summed E-state index contributed by atoms with van der Waals surface area (Å²) in [5.74, 6) is 0.591. The molecule has 1 saturated carbocycles. The number of methoxy groups -OCH3 is 1. The molecule has 0 spiro atoms. The van der Waals surface area contributed by atoms with Gasteiger partial charge in [-0.15, -0.1) is 0 Å². The molecule has 2 aromatic carbocycles. The molecule has 0 bridgehead atoms. The summed E-state index contributed by atoms with van der Waals surface area (Å²) in [5, 5.41) is 14.1. The van der Waals surface area contributed by atoms with Crippen LogP contribution < -0.4 is 9.64 Å². The summed E-state index contributed by atoms with van der Waals surface area (Å²) in [7, 11) is 5.86. The van der Waals surface area contributed by atoms with Crippen LogP contribution in [0.5, 0.6) is 5.75 Å². The molecule has 2 heterocycles. The number of fused-ring (bicyclic) bond motifs is 1. The lowest BCUT2D eigenvalue weighted by atomic mass is 9.62. The van der Waals surface area contributed by atoms with E-state index in [1.807, 2.05) is 29.2 Å². The monoisotopic (exact) mass is 469 g/mol. The van der Waals surface area contributed by atoms with Crippen molar-refractivity contribution in [2.24, 2.45) is 0 Å². The van der Waals surface area contributed by atoms with Crippen LogP contribution in [0.15, 0.2) is 48.5 Å². The molecule has 0 unspecified atom stereocenters. The third-order valence-corrected chi connectivity index (χ3v) is 7.58. The second-order valence-electron chi connectivity index (χ2n) is 9.84. The predicted octanol–water partition coefficient (Wildman–Crippen LogP) is 4.33. The van der Waals surface area contributed by atoms with Gasteiger partial charge >= 0.3 is 0 Å².